The van der Waals surface area contributed by atoms with E-state index in [2.05, 4.69) is 14.9 Å². The van der Waals surface area contributed by atoms with Gasteiger partial charge in [-0.3, -0.25) is 0 Å². The number of anilines is 1. The molecule has 1 aliphatic rings. The van der Waals surface area contributed by atoms with Crippen molar-refractivity contribution in [2.75, 3.05) is 38.1 Å². The van der Waals surface area contributed by atoms with Crippen LogP contribution in [0.4, 0.5) is 32.3 Å². The predicted molar refractivity (Wildman–Crippen MR) is 92.5 cm³/mol. The van der Waals surface area contributed by atoms with E-state index in [0.717, 1.165) is 13.1 Å². The number of aromatic nitrogens is 2. The van der Waals surface area contributed by atoms with Crippen LogP contribution >= 0.6 is 0 Å². The molecule has 0 amide bonds. The molecule has 1 aromatic heterocycles. The number of alkyl halides is 6. The maximum atomic E-state index is 12.9. The van der Waals surface area contributed by atoms with Crippen LogP contribution in [0.15, 0.2) is 30.5 Å². The van der Waals surface area contributed by atoms with E-state index in [1.807, 2.05) is 11.9 Å². The molecule has 0 spiro atoms. The lowest BCUT2D eigenvalue weighted by Gasteiger charge is -2.32. The molecule has 0 atom stereocenters. The SMILES string of the molecule is CN1CCN(c2nccc(OCc3cc(C(F)(F)F)cc(C(F)(F)F)c3)n2)CC1. The summed E-state index contributed by atoms with van der Waals surface area (Å²) in [5.41, 5.74) is -3.02. The third kappa shape index (κ3) is 5.49. The Bertz CT molecular complexity index is 815. The van der Waals surface area contributed by atoms with Crippen molar-refractivity contribution in [3.05, 3.63) is 47.2 Å². The van der Waals surface area contributed by atoms with Crippen molar-refractivity contribution >= 4 is 5.95 Å². The molecule has 1 aromatic carbocycles. The second-order valence-electron chi connectivity index (χ2n) is 6.69. The van der Waals surface area contributed by atoms with Crippen LogP contribution in [0, 0.1) is 0 Å². The Kier molecular flexibility index (Phi) is 5.87. The molecule has 2 heterocycles. The predicted octanol–water partition coefficient (Wildman–Crippen LogP) is 3.85. The van der Waals surface area contributed by atoms with Gasteiger partial charge in [-0.25, -0.2) is 4.98 Å². The molecule has 0 aliphatic carbocycles. The van der Waals surface area contributed by atoms with Crippen molar-refractivity contribution in [2.45, 2.75) is 19.0 Å². The molecular weight excluding hydrogens is 402 g/mol. The van der Waals surface area contributed by atoms with Crippen molar-refractivity contribution in [2.24, 2.45) is 0 Å². The Balaban J connectivity index is 1.76. The van der Waals surface area contributed by atoms with Crippen LogP contribution in [0.2, 0.25) is 0 Å². The number of ether oxygens (including phenoxy) is 1. The summed E-state index contributed by atoms with van der Waals surface area (Å²) in [7, 11) is 1.99. The third-order valence-corrected chi connectivity index (χ3v) is 4.44. The summed E-state index contributed by atoms with van der Waals surface area (Å²) in [6, 6.07) is 2.76. The number of hydrogen-bond donors (Lipinski definition) is 0. The molecule has 0 unspecified atom stereocenters. The number of rotatable bonds is 4. The van der Waals surface area contributed by atoms with E-state index >= 15 is 0 Å². The smallest absolute Gasteiger partial charge is 0.416 e. The fraction of sp³-hybridized carbons (Fsp3) is 0.444. The van der Waals surface area contributed by atoms with Crippen molar-refractivity contribution in [1.29, 1.82) is 0 Å². The van der Waals surface area contributed by atoms with Crippen molar-refractivity contribution < 1.29 is 31.1 Å². The molecule has 2 aromatic rings. The fourth-order valence-electron chi connectivity index (χ4n) is 2.83. The molecule has 1 saturated heterocycles. The van der Waals surface area contributed by atoms with Gasteiger partial charge in [0.25, 0.3) is 0 Å². The lowest BCUT2D eigenvalue weighted by molar-refractivity contribution is -0.143. The summed E-state index contributed by atoms with van der Waals surface area (Å²) in [4.78, 5) is 12.4. The molecule has 29 heavy (non-hydrogen) atoms. The van der Waals surface area contributed by atoms with E-state index in [4.69, 9.17) is 4.74 Å². The highest BCUT2D eigenvalue weighted by Gasteiger charge is 2.36. The van der Waals surface area contributed by atoms with Crippen LogP contribution < -0.4 is 9.64 Å². The van der Waals surface area contributed by atoms with E-state index in [1.54, 1.807) is 0 Å². The zero-order valence-corrected chi connectivity index (χ0v) is 15.4. The average molecular weight is 420 g/mol. The molecule has 0 bridgehead atoms. The lowest BCUT2D eigenvalue weighted by atomic mass is 10.1. The maximum Gasteiger partial charge on any atom is 0.416 e. The number of likely N-dealkylation sites (N-methyl/N-ethyl adjacent to an activating group) is 1. The second-order valence-corrected chi connectivity index (χ2v) is 6.69. The normalized spacial score (nSPS) is 16.2. The van der Waals surface area contributed by atoms with E-state index < -0.39 is 30.1 Å². The zero-order valence-electron chi connectivity index (χ0n) is 15.4. The van der Waals surface area contributed by atoms with Gasteiger partial charge in [-0.2, -0.15) is 31.3 Å². The van der Waals surface area contributed by atoms with Gasteiger partial charge >= 0.3 is 12.4 Å². The molecule has 0 N–H and O–H groups in total. The Labute approximate surface area is 162 Å². The van der Waals surface area contributed by atoms with Gasteiger partial charge in [0, 0.05) is 38.4 Å². The van der Waals surface area contributed by atoms with Gasteiger partial charge in [0.1, 0.15) is 6.61 Å². The number of halogens is 6. The molecule has 0 saturated carbocycles. The summed E-state index contributed by atoms with van der Waals surface area (Å²) in [5.74, 6) is 0.468. The molecule has 158 valence electrons. The maximum absolute atomic E-state index is 12.9. The molecule has 3 rings (SSSR count). The summed E-state index contributed by atoms with van der Waals surface area (Å²) >= 11 is 0. The highest BCUT2D eigenvalue weighted by Crippen LogP contribution is 2.36. The molecular formula is C18H18F6N4O. The first-order chi connectivity index (χ1) is 13.5. The fourth-order valence-corrected chi connectivity index (χ4v) is 2.83. The van der Waals surface area contributed by atoms with Crippen molar-refractivity contribution in [3.8, 4) is 5.88 Å². The van der Waals surface area contributed by atoms with Crippen LogP contribution in [0.1, 0.15) is 16.7 Å². The van der Waals surface area contributed by atoms with Gasteiger partial charge in [0.2, 0.25) is 11.8 Å². The minimum absolute atomic E-state index is 0.0694. The number of piperazine rings is 1. The minimum atomic E-state index is -4.90. The minimum Gasteiger partial charge on any atom is -0.473 e. The second kappa shape index (κ2) is 8.05. The molecule has 11 heteroatoms. The first kappa shape index (κ1) is 21.2. The van der Waals surface area contributed by atoms with Crippen LogP contribution in [-0.4, -0.2) is 48.1 Å². The van der Waals surface area contributed by atoms with E-state index in [9.17, 15) is 26.3 Å². The van der Waals surface area contributed by atoms with Crippen LogP contribution in [-0.2, 0) is 19.0 Å². The Morgan fingerprint density at radius 2 is 1.52 bits per heavy atom. The lowest BCUT2D eigenvalue weighted by Crippen LogP contribution is -2.45. The van der Waals surface area contributed by atoms with Gasteiger partial charge in [0.05, 0.1) is 11.1 Å². The van der Waals surface area contributed by atoms with E-state index in [0.29, 0.717) is 31.2 Å². The molecule has 5 nitrogen and oxygen atoms in total. The van der Waals surface area contributed by atoms with Gasteiger partial charge < -0.3 is 14.5 Å². The summed E-state index contributed by atoms with van der Waals surface area (Å²) in [5, 5.41) is 0. The average Bonchev–Trinajstić information content (AvgIpc) is 2.65. The van der Waals surface area contributed by atoms with Gasteiger partial charge in [-0.1, -0.05) is 0 Å². The monoisotopic (exact) mass is 420 g/mol. The van der Waals surface area contributed by atoms with Gasteiger partial charge in [0.15, 0.2) is 0 Å². The van der Waals surface area contributed by atoms with Crippen LogP contribution in [0.25, 0.3) is 0 Å². The quantitative estimate of drug-likeness (QED) is 0.703. The summed E-state index contributed by atoms with van der Waals surface area (Å²) < 4.78 is 83.0. The Morgan fingerprint density at radius 3 is 2.07 bits per heavy atom. The van der Waals surface area contributed by atoms with Gasteiger partial charge in [-0.15, -0.1) is 0 Å². The van der Waals surface area contributed by atoms with Crippen molar-refractivity contribution in [1.82, 2.24) is 14.9 Å². The number of nitrogens with zero attached hydrogens (tertiary/aromatic N) is 4. The van der Waals surface area contributed by atoms with E-state index in [-0.39, 0.29) is 17.5 Å². The Morgan fingerprint density at radius 1 is 0.931 bits per heavy atom. The highest BCUT2D eigenvalue weighted by atomic mass is 19.4. The first-order valence-corrected chi connectivity index (χ1v) is 8.70. The molecule has 0 radical (unpaired) electrons. The van der Waals surface area contributed by atoms with Gasteiger partial charge in [-0.05, 0) is 30.8 Å². The highest BCUT2D eigenvalue weighted by molar-refractivity contribution is 5.35. The van der Waals surface area contributed by atoms with Crippen LogP contribution in [0.5, 0.6) is 5.88 Å². The van der Waals surface area contributed by atoms with E-state index in [1.165, 1.54) is 12.3 Å². The first-order valence-electron chi connectivity index (χ1n) is 8.70. The van der Waals surface area contributed by atoms with Crippen LogP contribution in [0.3, 0.4) is 0 Å². The standard InChI is InChI=1S/C18H18F6N4O/c1-27-4-6-28(7-5-27)16-25-3-2-15(26-16)29-11-12-8-13(17(19,20)21)10-14(9-12)18(22,23)24/h2-3,8-10H,4-7,11H2,1H3. The zero-order chi connectivity index (χ0) is 21.2. The third-order valence-electron chi connectivity index (χ3n) is 4.44. The topological polar surface area (TPSA) is 41.5 Å². The molecule has 1 fully saturated rings. The summed E-state index contributed by atoms with van der Waals surface area (Å²) in [6.07, 6.45) is -8.37. The summed E-state index contributed by atoms with van der Waals surface area (Å²) in [6.45, 7) is 2.54. The van der Waals surface area contributed by atoms with Crippen molar-refractivity contribution in [3.63, 3.8) is 0 Å². The number of benzene rings is 1. The number of hydrogen-bond acceptors (Lipinski definition) is 5. The molecule has 1 aliphatic heterocycles. The Hall–Kier alpha value is -2.56. The largest absolute Gasteiger partial charge is 0.473 e.